The molecule has 0 bridgehead atoms. The minimum Gasteiger partial charge on any atom is -0.481 e. The van der Waals surface area contributed by atoms with E-state index in [9.17, 15) is 19.7 Å². The van der Waals surface area contributed by atoms with Crippen LogP contribution in [0.2, 0.25) is 0 Å². The lowest BCUT2D eigenvalue weighted by Crippen LogP contribution is -2.31. The number of nitrogens with zero attached hydrogens (tertiary/aromatic N) is 1. The zero-order valence-corrected chi connectivity index (χ0v) is 12.0. The molecule has 1 rings (SSSR count). The van der Waals surface area contributed by atoms with Crippen molar-refractivity contribution in [3.05, 3.63) is 28.1 Å². The van der Waals surface area contributed by atoms with E-state index in [1.807, 2.05) is 13.8 Å². The molecule has 3 N–H and O–H groups in total. The Morgan fingerprint density at radius 3 is 2.62 bits per heavy atom. The standard InChI is InChI=1S/C13H19N3O5/c1-8(2)3-9(4-12(17)18)6-15-13(19)11-5-10(7-14-11)16(20)21/h5,7-9,14H,3-4,6H2,1-2H3,(H,15,19)(H,17,18). The van der Waals surface area contributed by atoms with E-state index >= 15 is 0 Å². The van der Waals surface area contributed by atoms with Gasteiger partial charge in [-0.1, -0.05) is 13.8 Å². The maximum absolute atomic E-state index is 11.8. The number of hydrogen-bond acceptors (Lipinski definition) is 4. The first-order valence-electron chi connectivity index (χ1n) is 6.62. The number of carboxylic acids is 1. The molecule has 0 aliphatic heterocycles. The average Bonchev–Trinajstić information content (AvgIpc) is 2.83. The molecule has 0 aliphatic carbocycles. The molecule has 0 aromatic carbocycles. The van der Waals surface area contributed by atoms with Gasteiger partial charge in [-0.25, -0.2) is 0 Å². The van der Waals surface area contributed by atoms with Crippen molar-refractivity contribution < 1.29 is 19.6 Å². The molecule has 1 aromatic heterocycles. The van der Waals surface area contributed by atoms with Crippen molar-refractivity contribution in [1.29, 1.82) is 0 Å². The molecular formula is C13H19N3O5. The van der Waals surface area contributed by atoms with Crippen molar-refractivity contribution >= 4 is 17.6 Å². The molecule has 0 aliphatic rings. The monoisotopic (exact) mass is 297 g/mol. The highest BCUT2D eigenvalue weighted by Crippen LogP contribution is 2.16. The summed E-state index contributed by atoms with van der Waals surface area (Å²) in [5.41, 5.74) is -0.107. The summed E-state index contributed by atoms with van der Waals surface area (Å²) in [4.78, 5) is 35.1. The maximum Gasteiger partial charge on any atom is 0.303 e. The number of rotatable bonds is 8. The maximum atomic E-state index is 11.8. The fraction of sp³-hybridized carbons (Fsp3) is 0.538. The summed E-state index contributed by atoms with van der Waals surface area (Å²) in [6, 6.07) is 1.14. The van der Waals surface area contributed by atoms with Gasteiger partial charge in [-0.2, -0.15) is 0 Å². The molecule has 0 saturated heterocycles. The van der Waals surface area contributed by atoms with E-state index in [-0.39, 0.29) is 30.3 Å². The van der Waals surface area contributed by atoms with Crippen LogP contribution in [0.4, 0.5) is 5.69 Å². The number of aromatic amines is 1. The van der Waals surface area contributed by atoms with Crippen LogP contribution in [0.25, 0.3) is 0 Å². The van der Waals surface area contributed by atoms with Gasteiger partial charge in [-0.05, 0) is 18.3 Å². The lowest BCUT2D eigenvalue weighted by Gasteiger charge is -2.17. The Bertz CT molecular complexity index is 524. The summed E-state index contributed by atoms with van der Waals surface area (Å²) in [6.45, 7) is 4.17. The summed E-state index contributed by atoms with van der Waals surface area (Å²) in [5, 5.41) is 22.0. The van der Waals surface area contributed by atoms with Crippen LogP contribution in [0.1, 0.15) is 37.2 Å². The van der Waals surface area contributed by atoms with Gasteiger partial charge in [0.1, 0.15) is 5.69 Å². The molecule has 1 aromatic rings. The highest BCUT2D eigenvalue weighted by atomic mass is 16.6. The summed E-state index contributed by atoms with van der Waals surface area (Å²) < 4.78 is 0. The van der Waals surface area contributed by atoms with Gasteiger partial charge in [0, 0.05) is 19.0 Å². The van der Waals surface area contributed by atoms with Gasteiger partial charge < -0.3 is 15.4 Å². The molecule has 1 unspecified atom stereocenters. The lowest BCUT2D eigenvalue weighted by atomic mass is 9.94. The van der Waals surface area contributed by atoms with Gasteiger partial charge in [0.05, 0.1) is 11.1 Å². The van der Waals surface area contributed by atoms with Crippen LogP contribution >= 0.6 is 0 Å². The first kappa shape index (κ1) is 16.7. The Morgan fingerprint density at radius 2 is 2.14 bits per heavy atom. The van der Waals surface area contributed by atoms with Gasteiger partial charge in [0.15, 0.2) is 0 Å². The van der Waals surface area contributed by atoms with Crippen molar-refractivity contribution in [2.24, 2.45) is 11.8 Å². The SMILES string of the molecule is CC(C)CC(CNC(=O)c1cc([N+](=O)[O-])c[nH]1)CC(=O)O. The van der Waals surface area contributed by atoms with Gasteiger partial charge in [-0.15, -0.1) is 0 Å². The average molecular weight is 297 g/mol. The Balaban J connectivity index is 2.59. The minimum atomic E-state index is -0.912. The molecular weight excluding hydrogens is 278 g/mol. The van der Waals surface area contributed by atoms with Crippen LogP contribution in [0, 0.1) is 22.0 Å². The topological polar surface area (TPSA) is 125 Å². The number of H-pyrrole nitrogens is 1. The first-order valence-corrected chi connectivity index (χ1v) is 6.62. The summed E-state index contributed by atoms with van der Waals surface area (Å²) in [5.74, 6) is -1.25. The van der Waals surface area contributed by atoms with Crippen LogP contribution in [-0.4, -0.2) is 33.4 Å². The minimum absolute atomic E-state index is 0.0245. The third-order valence-electron chi connectivity index (χ3n) is 2.94. The predicted molar refractivity (Wildman–Crippen MR) is 75.0 cm³/mol. The van der Waals surface area contributed by atoms with Crippen LogP contribution in [-0.2, 0) is 4.79 Å². The molecule has 116 valence electrons. The van der Waals surface area contributed by atoms with Gasteiger partial charge in [0.2, 0.25) is 0 Å². The van der Waals surface area contributed by atoms with E-state index in [0.29, 0.717) is 12.3 Å². The molecule has 1 amide bonds. The van der Waals surface area contributed by atoms with E-state index in [0.717, 1.165) is 12.3 Å². The third-order valence-corrected chi connectivity index (χ3v) is 2.94. The van der Waals surface area contributed by atoms with Gasteiger partial charge in [-0.3, -0.25) is 19.7 Å². The molecule has 0 spiro atoms. The van der Waals surface area contributed by atoms with E-state index in [2.05, 4.69) is 10.3 Å². The van der Waals surface area contributed by atoms with Crippen molar-refractivity contribution in [3.63, 3.8) is 0 Å². The number of amides is 1. The highest BCUT2D eigenvalue weighted by Gasteiger charge is 2.18. The fourth-order valence-electron chi connectivity index (χ4n) is 2.10. The van der Waals surface area contributed by atoms with Crippen LogP contribution < -0.4 is 5.32 Å². The second-order valence-electron chi connectivity index (χ2n) is 5.33. The zero-order chi connectivity index (χ0) is 16.0. The van der Waals surface area contributed by atoms with Gasteiger partial charge >= 0.3 is 5.97 Å². The Kier molecular flexibility index (Phi) is 5.89. The summed E-state index contributed by atoms with van der Waals surface area (Å²) in [6.07, 6.45) is 1.79. The number of nitrogens with one attached hydrogen (secondary N) is 2. The van der Waals surface area contributed by atoms with Gasteiger partial charge in [0.25, 0.3) is 11.6 Å². The Morgan fingerprint density at radius 1 is 1.48 bits per heavy atom. The quantitative estimate of drug-likeness (QED) is 0.498. The Hall–Kier alpha value is -2.38. The number of carbonyl (C=O) groups is 2. The van der Waals surface area contributed by atoms with Crippen LogP contribution in [0.3, 0.4) is 0 Å². The molecule has 0 saturated carbocycles. The summed E-state index contributed by atoms with van der Waals surface area (Å²) in [7, 11) is 0. The van der Waals surface area contributed by atoms with E-state index in [1.54, 1.807) is 0 Å². The highest BCUT2D eigenvalue weighted by molar-refractivity contribution is 5.93. The van der Waals surface area contributed by atoms with Crippen LogP contribution in [0.15, 0.2) is 12.3 Å². The largest absolute Gasteiger partial charge is 0.481 e. The molecule has 8 nitrogen and oxygen atoms in total. The number of carbonyl (C=O) groups excluding carboxylic acids is 1. The molecule has 21 heavy (non-hydrogen) atoms. The fourth-order valence-corrected chi connectivity index (χ4v) is 2.10. The van der Waals surface area contributed by atoms with E-state index in [1.165, 1.54) is 0 Å². The van der Waals surface area contributed by atoms with Crippen LogP contribution in [0.5, 0.6) is 0 Å². The molecule has 0 fully saturated rings. The third kappa shape index (κ3) is 5.64. The molecule has 0 radical (unpaired) electrons. The lowest BCUT2D eigenvalue weighted by molar-refractivity contribution is -0.384. The smallest absolute Gasteiger partial charge is 0.303 e. The Labute approximate surface area is 121 Å². The van der Waals surface area contributed by atoms with E-state index in [4.69, 9.17) is 5.11 Å². The second-order valence-corrected chi connectivity index (χ2v) is 5.33. The van der Waals surface area contributed by atoms with Crippen molar-refractivity contribution in [2.45, 2.75) is 26.7 Å². The zero-order valence-electron chi connectivity index (χ0n) is 12.0. The second kappa shape index (κ2) is 7.41. The number of hydrogen-bond donors (Lipinski definition) is 3. The van der Waals surface area contributed by atoms with Crippen molar-refractivity contribution in [3.8, 4) is 0 Å². The molecule has 8 heteroatoms. The van der Waals surface area contributed by atoms with Crippen molar-refractivity contribution in [1.82, 2.24) is 10.3 Å². The molecule has 1 heterocycles. The summed E-state index contributed by atoms with van der Waals surface area (Å²) >= 11 is 0. The number of aromatic nitrogens is 1. The van der Waals surface area contributed by atoms with Crippen molar-refractivity contribution in [2.75, 3.05) is 6.54 Å². The number of aliphatic carboxylic acids is 1. The molecule has 1 atom stereocenters. The number of carboxylic acid groups (broad SMARTS) is 1. The first-order chi connectivity index (χ1) is 9.79. The normalized spacial score (nSPS) is 12.1. The number of nitro groups is 1. The predicted octanol–water partition coefficient (Wildman–Crippen LogP) is 1.79. The van der Waals surface area contributed by atoms with E-state index < -0.39 is 16.8 Å².